The summed E-state index contributed by atoms with van der Waals surface area (Å²) in [6.45, 7) is 3.59. The Bertz CT molecular complexity index is 872. The van der Waals surface area contributed by atoms with Crippen molar-refractivity contribution in [1.29, 1.82) is 0 Å². The molecule has 0 bridgehead atoms. The van der Waals surface area contributed by atoms with Gasteiger partial charge in [0, 0.05) is 16.7 Å². The number of hydrogen-bond acceptors (Lipinski definition) is 6. The van der Waals surface area contributed by atoms with Crippen molar-refractivity contribution in [1.82, 2.24) is 5.16 Å². The number of carbonyl (C=O) groups is 2. The molecule has 1 aliphatic rings. The fourth-order valence-electron chi connectivity index (χ4n) is 2.90. The third kappa shape index (κ3) is 3.30. The highest BCUT2D eigenvalue weighted by Gasteiger charge is 2.43. The molecule has 0 saturated heterocycles. The third-order valence-electron chi connectivity index (χ3n) is 4.00. The summed E-state index contributed by atoms with van der Waals surface area (Å²) in [6.07, 6.45) is -0.216. The monoisotopic (exact) mass is 376 g/mol. The first-order chi connectivity index (χ1) is 12.4. The molecule has 2 heterocycles. The number of aryl methyl sites for hydroxylation is 1. The summed E-state index contributed by atoms with van der Waals surface area (Å²) < 4.78 is 10.0. The molecule has 136 valence electrons. The Kier molecular flexibility index (Phi) is 4.99. The number of anilines is 1. The fourth-order valence-corrected chi connectivity index (χ4v) is 3.03. The number of esters is 1. The summed E-state index contributed by atoms with van der Waals surface area (Å²) in [7, 11) is 0. The van der Waals surface area contributed by atoms with E-state index in [0.29, 0.717) is 16.3 Å². The lowest BCUT2D eigenvalue weighted by molar-refractivity contribution is -0.142. The van der Waals surface area contributed by atoms with Crippen LogP contribution in [0.5, 0.6) is 0 Å². The first-order valence-corrected chi connectivity index (χ1v) is 8.40. The molecule has 1 N–H and O–H groups in total. The lowest BCUT2D eigenvalue weighted by atomic mass is 9.97. The first-order valence-electron chi connectivity index (χ1n) is 8.02. The van der Waals surface area contributed by atoms with Gasteiger partial charge in [0.1, 0.15) is 5.76 Å². The van der Waals surface area contributed by atoms with Gasteiger partial charge in [0.2, 0.25) is 0 Å². The molecule has 1 unspecified atom stereocenters. The Morgan fingerprint density at radius 2 is 2.08 bits per heavy atom. The van der Waals surface area contributed by atoms with E-state index in [4.69, 9.17) is 20.9 Å². The van der Waals surface area contributed by atoms with E-state index in [0.717, 1.165) is 0 Å². The number of aliphatic hydroxyl groups excluding tert-OH is 1. The molecule has 1 aromatic carbocycles. The highest BCUT2D eigenvalue weighted by Crippen LogP contribution is 2.41. The highest BCUT2D eigenvalue weighted by atomic mass is 35.5. The van der Waals surface area contributed by atoms with E-state index in [1.54, 1.807) is 44.2 Å². The molecule has 1 amide bonds. The maximum absolute atomic E-state index is 12.7. The van der Waals surface area contributed by atoms with Crippen LogP contribution in [0.2, 0.25) is 5.02 Å². The second kappa shape index (κ2) is 7.21. The molecule has 1 atom stereocenters. The first kappa shape index (κ1) is 18.0. The van der Waals surface area contributed by atoms with Crippen LogP contribution in [0.3, 0.4) is 0 Å². The van der Waals surface area contributed by atoms with Gasteiger partial charge in [-0.1, -0.05) is 28.9 Å². The van der Waals surface area contributed by atoms with Crippen molar-refractivity contribution in [3.05, 3.63) is 58.0 Å². The number of hydrogen-bond donors (Lipinski definition) is 1. The zero-order valence-corrected chi connectivity index (χ0v) is 15.0. The standard InChI is InChI=1S/C18H17ClN2O5/c1-3-25-15(22)9-13-16(11-4-6-12(19)7-5-11)21(18(24)17(13)23)14-8-10(2)26-20-14/h4-8,16,23H,3,9H2,1-2H3. The van der Waals surface area contributed by atoms with Gasteiger partial charge in [-0.25, -0.2) is 0 Å². The van der Waals surface area contributed by atoms with Gasteiger partial charge in [-0.2, -0.15) is 0 Å². The average Bonchev–Trinajstić information content (AvgIpc) is 3.12. The van der Waals surface area contributed by atoms with Crippen molar-refractivity contribution in [3.8, 4) is 0 Å². The van der Waals surface area contributed by atoms with Crippen molar-refractivity contribution >= 4 is 29.3 Å². The van der Waals surface area contributed by atoms with Crippen molar-refractivity contribution in [3.63, 3.8) is 0 Å². The molecule has 0 saturated carbocycles. The summed E-state index contributed by atoms with van der Waals surface area (Å²) in [5, 5.41) is 14.8. The molecule has 0 aliphatic carbocycles. The number of carbonyl (C=O) groups excluding carboxylic acids is 2. The average molecular weight is 377 g/mol. The van der Waals surface area contributed by atoms with Crippen molar-refractivity contribution in [2.75, 3.05) is 11.5 Å². The van der Waals surface area contributed by atoms with Gasteiger partial charge >= 0.3 is 5.97 Å². The minimum absolute atomic E-state index is 0.207. The molecule has 26 heavy (non-hydrogen) atoms. The zero-order valence-electron chi connectivity index (χ0n) is 14.2. The fraction of sp³-hybridized carbons (Fsp3) is 0.278. The summed E-state index contributed by atoms with van der Waals surface area (Å²) in [4.78, 5) is 25.9. The largest absolute Gasteiger partial charge is 0.503 e. The summed E-state index contributed by atoms with van der Waals surface area (Å²) in [6, 6.07) is 7.67. The minimum Gasteiger partial charge on any atom is -0.503 e. The Balaban J connectivity index is 2.06. The molecule has 0 radical (unpaired) electrons. The lowest BCUT2D eigenvalue weighted by Crippen LogP contribution is -2.30. The van der Waals surface area contributed by atoms with Gasteiger partial charge in [-0.15, -0.1) is 0 Å². The Morgan fingerprint density at radius 1 is 1.38 bits per heavy atom. The molecule has 0 fully saturated rings. The number of aromatic nitrogens is 1. The van der Waals surface area contributed by atoms with E-state index in [-0.39, 0.29) is 24.4 Å². The molecule has 8 heteroatoms. The molecular weight excluding hydrogens is 360 g/mol. The highest BCUT2D eigenvalue weighted by molar-refractivity contribution is 6.30. The van der Waals surface area contributed by atoms with Gasteiger partial charge in [0.15, 0.2) is 11.6 Å². The normalized spacial score (nSPS) is 17.1. The summed E-state index contributed by atoms with van der Waals surface area (Å²) >= 11 is 5.95. The van der Waals surface area contributed by atoms with E-state index in [1.165, 1.54) is 4.90 Å². The smallest absolute Gasteiger partial charge is 0.310 e. The third-order valence-corrected chi connectivity index (χ3v) is 4.25. The number of benzene rings is 1. The lowest BCUT2D eigenvalue weighted by Gasteiger charge is -2.24. The number of ether oxygens (including phenoxy) is 1. The maximum atomic E-state index is 12.7. The van der Waals surface area contributed by atoms with Crippen molar-refractivity contribution < 1.29 is 24.0 Å². The maximum Gasteiger partial charge on any atom is 0.310 e. The van der Waals surface area contributed by atoms with Crippen molar-refractivity contribution in [2.45, 2.75) is 26.3 Å². The predicted octanol–water partition coefficient (Wildman–Crippen LogP) is 3.49. The van der Waals surface area contributed by atoms with Crippen LogP contribution in [-0.2, 0) is 14.3 Å². The van der Waals surface area contributed by atoms with E-state index in [2.05, 4.69) is 5.16 Å². The van der Waals surface area contributed by atoms with Gasteiger partial charge in [-0.3, -0.25) is 14.5 Å². The molecule has 0 spiro atoms. The molecule has 2 aromatic rings. The summed E-state index contributed by atoms with van der Waals surface area (Å²) in [5.41, 5.74) is 0.920. The SMILES string of the molecule is CCOC(=O)CC1=C(O)C(=O)N(c2cc(C)on2)C1c1ccc(Cl)cc1. The van der Waals surface area contributed by atoms with Gasteiger partial charge < -0.3 is 14.4 Å². The molecule has 3 rings (SSSR count). The molecular formula is C18H17ClN2O5. The minimum atomic E-state index is -0.714. The molecule has 1 aromatic heterocycles. The Labute approximate surface area is 154 Å². The van der Waals surface area contributed by atoms with Crippen LogP contribution >= 0.6 is 11.6 Å². The van der Waals surface area contributed by atoms with E-state index in [9.17, 15) is 14.7 Å². The van der Waals surface area contributed by atoms with Crippen molar-refractivity contribution in [2.24, 2.45) is 0 Å². The number of aliphatic hydroxyl groups is 1. The second-order valence-corrected chi connectivity index (χ2v) is 6.22. The number of halogens is 1. The van der Waals surface area contributed by atoms with E-state index in [1.807, 2.05) is 0 Å². The molecule has 1 aliphatic heterocycles. The van der Waals surface area contributed by atoms with Crippen LogP contribution in [-0.4, -0.2) is 28.7 Å². The van der Waals surface area contributed by atoms with E-state index < -0.39 is 23.7 Å². The van der Waals surface area contributed by atoms with Crippen LogP contribution in [0, 0.1) is 6.92 Å². The summed E-state index contributed by atoms with van der Waals surface area (Å²) in [5.74, 6) is -0.908. The topological polar surface area (TPSA) is 92.9 Å². The predicted molar refractivity (Wildman–Crippen MR) is 93.8 cm³/mol. The zero-order chi connectivity index (χ0) is 18.8. The number of rotatable bonds is 5. The molecule has 7 nitrogen and oxygen atoms in total. The van der Waals surface area contributed by atoms with Crippen LogP contribution in [0.4, 0.5) is 5.82 Å². The Hall–Kier alpha value is -2.80. The number of amides is 1. The van der Waals surface area contributed by atoms with E-state index >= 15 is 0 Å². The van der Waals surface area contributed by atoms with Crippen LogP contribution in [0.15, 0.2) is 46.2 Å². The van der Waals surface area contributed by atoms with Crippen LogP contribution < -0.4 is 4.90 Å². The second-order valence-electron chi connectivity index (χ2n) is 5.78. The van der Waals surface area contributed by atoms with Crippen LogP contribution in [0.25, 0.3) is 0 Å². The number of nitrogens with zero attached hydrogens (tertiary/aromatic N) is 2. The quantitative estimate of drug-likeness (QED) is 0.803. The van der Waals surface area contributed by atoms with Crippen LogP contribution in [0.1, 0.15) is 30.7 Å². The Morgan fingerprint density at radius 3 is 2.65 bits per heavy atom. The van der Waals surface area contributed by atoms with Gasteiger partial charge in [0.05, 0.1) is 19.1 Å². The van der Waals surface area contributed by atoms with Gasteiger partial charge in [0.25, 0.3) is 5.91 Å². The van der Waals surface area contributed by atoms with Gasteiger partial charge in [-0.05, 0) is 31.5 Å².